The number of ether oxygens (including phenoxy) is 2. The highest BCUT2D eigenvalue weighted by Crippen LogP contribution is 2.52. The minimum Gasteiger partial charge on any atom is -0.497 e. The molecule has 1 aromatic carbocycles. The molecular formula is C23H32N2O4. The van der Waals surface area contributed by atoms with Crippen LogP contribution in [0.1, 0.15) is 61.4 Å². The van der Waals surface area contributed by atoms with Crippen LogP contribution in [0.15, 0.2) is 18.2 Å². The number of carbonyl (C=O) groups excluding carboxylic acids is 2. The van der Waals surface area contributed by atoms with Crippen molar-refractivity contribution in [3.05, 3.63) is 29.3 Å². The van der Waals surface area contributed by atoms with E-state index in [1.165, 1.54) is 12.8 Å². The van der Waals surface area contributed by atoms with Gasteiger partial charge in [0.15, 0.2) is 0 Å². The Labute approximate surface area is 173 Å². The van der Waals surface area contributed by atoms with Crippen LogP contribution >= 0.6 is 0 Å². The third-order valence-corrected chi connectivity index (χ3v) is 7.20. The van der Waals surface area contributed by atoms with E-state index in [-0.39, 0.29) is 11.9 Å². The summed E-state index contributed by atoms with van der Waals surface area (Å²) in [6, 6.07) is 5.59. The molecule has 2 aliphatic heterocycles. The van der Waals surface area contributed by atoms with E-state index in [1.54, 1.807) is 13.2 Å². The molecule has 1 aromatic rings. The number of carbonyl (C=O) groups is 2. The first-order valence-corrected chi connectivity index (χ1v) is 10.8. The number of benzene rings is 1. The third kappa shape index (κ3) is 3.63. The van der Waals surface area contributed by atoms with Crippen molar-refractivity contribution in [2.24, 2.45) is 5.41 Å². The molecule has 0 radical (unpaired) electrons. The van der Waals surface area contributed by atoms with Crippen molar-refractivity contribution in [2.75, 3.05) is 40.3 Å². The average molecular weight is 401 g/mol. The molecule has 2 heterocycles. The number of methoxy groups -OCH3 is 1. The molecule has 1 spiro atoms. The number of nitrogens with zero attached hydrogens (tertiary/aromatic N) is 2. The molecule has 1 aliphatic carbocycles. The van der Waals surface area contributed by atoms with Crippen molar-refractivity contribution in [1.82, 2.24) is 9.80 Å². The van der Waals surface area contributed by atoms with Gasteiger partial charge >= 0.3 is 5.97 Å². The first-order chi connectivity index (χ1) is 13.9. The maximum Gasteiger partial charge on any atom is 0.339 e. The van der Waals surface area contributed by atoms with E-state index in [2.05, 4.69) is 11.8 Å². The molecule has 0 atom stereocenters. The van der Waals surface area contributed by atoms with Crippen LogP contribution in [0.2, 0.25) is 0 Å². The fourth-order valence-electron chi connectivity index (χ4n) is 5.15. The van der Waals surface area contributed by atoms with Crippen molar-refractivity contribution < 1.29 is 19.1 Å². The number of amides is 1. The average Bonchev–Trinajstić information content (AvgIpc) is 3.35. The molecule has 29 heavy (non-hydrogen) atoms. The van der Waals surface area contributed by atoms with Crippen LogP contribution < -0.4 is 4.74 Å². The molecule has 0 aromatic heterocycles. The number of hydrogen-bond acceptors (Lipinski definition) is 5. The Kier molecular flexibility index (Phi) is 5.32. The monoisotopic (exact) mass is 400 g/mol. The molecule has 6 heteroatoms. The van der Waals surface area contributed by atoms with Gasteiger partial charge in [0.25, 0.3) is 0 Å². The predicted molar refractivity (Wildman–Crippen MR) is 110 cm³/mol. The lowest BCUT2D eigenvalue weighted by atomic mass is 9.67. The van der Waals surface area contributed by atoms with E-state index in [1.807, 2.05) is 24.1 Å². The highest BCUT2D eigenvalue weighted by Gasteiger charge is 2.52. The van der Waals surface area contributed by atoms with Crippen LogP contribution in [0.3, 0.4) is 0 Å². The van der Waals surface area contributed by atoms with Crippen molar-refractivity contribution in [3.8, 4) is 5.75 Å². The van der Waals surface area contributed by atoms with Crippen LogP contribution in [-0.4, -0.2) is 62.0 Å². The summed E-state index contributed by atoms with van der Waals surface area (Å²) in [4.78, 5) is 30.0. The quantitative estimate of drug-likeness (QED) is 0.711. The number of esters is 1. The first-order valence-electron chi connectivity index (χ1n) is 10.8. The molecule has 1 amide bonds. The molecule has 0 unspecified atom stereocenters. The van der Waals surface area contributed by atoms with E-state index in [0.717, 1.165) is 44.6 Å². The maximum atomic E-state index is 13.2. The minimum absolute atomic E-state index is 0.214. The minimum atomic E-state index is -0.591. The van der Waals surface area contributed by atoms with E-state index < -0.39 is 11.0 Å². The lowest BCUT2D eigenvalue weighted by molar-refractivity contribution is -0.145. The summed E-state index contributed by atoms with van der Waals surface area (Å²) in [5, 5.41) is 0. The highest BCUT2D eigenvalue weighted by molar-refractivity contribution is 5.95. The summed E-state index contributed by atoms with van der Waals surface area (Å²) in [5.74, 6) is 0.593. The smallest absolute Gasteiger partial charge is 0.339 e. The molecular weight excluding hydrogens is 368 g/mol. The van der Waals surface area contributed by atoms with Gasteiger partial charge in [-0.15, -0.1) is 0 Å². The second-order valence-electron chi connectivity index (χ2n) is 9.13. The van der Waals surface area contributed by atoms with E-state index >= 15 is 0 Å². The fourth-order valence-corrected chi connectivity index (χ4v) is 5.15. The van der Waals surface area contributed by atoms with Crippen LogP contribution in [0.5, 0.6) is 5.75 Å². The molecule has 0 N–H and O–H groups in total. The van der Waals surface area contributed by atoms with Crippen molar-refractivity contribution in [3.63, 3.8) is 0 Å². The largest absolute Gasteiger partial charge is 0.497 e. The van der Waals surface area contributed by atoms with Gasteiger partial charge in [-0.2, -0.15) is 0 Å². The molecule has 1 saturated carbocycles. The second kappa shape index (κ2) is 7.63. The van der Waals surface area contributed by atoms with Crippen LogP contribution in [0, 0.1) is 5.41 Å². The van der Waals surface area contributed by atoms with Crippen LogP contribution in [0.4, 0.5) is 0 Å². The van der Waals surface area contributed by atoms with Gasteiger partial charge in [-0.1, -0.05) is 13.0 Å². The third-order valence-electron chi connectivity index (χ3n) is 7.20. The van der Waals surface area contributed by atoms with Gasteiger partial charge in [-0.05, 0) is 63.7 Å². The van der Waals surface area contributed by atoms with Gasteiger partial charge in [-0.3, -0.25) is 4.79 Å². The molecule has 1 saturated heterocycles. The first kappa shape index (κ1) is 20.2. The summed E-state index contributed by atoms with van der Waals surface area (Å²) in [5.41, 5.74) is 0.557. The molecule has 2 fully saturated rings. The fraction of sp³-hybridized carbons (Fsp3) is 0.652. The van der Waals surface area contributed by atoms with E-state index in [9.17, 15) is 9.59 Å². The number of likely N-dealkylation sites (tertiary alicyclic amines) is 1. The molecule has 4 rings (SSSR count). The number of hydrogen-bond donors (Lipinski definition) is 0. The SMILES string of the molecule is COc1ccc2c(c1)C(=O)O[C@]21CC[C@](C)(C(=O)N(C)CCN2CCCC2)CC1. The maximum absolute atomic E-state index is 13.2. The topological polar surface area (TPSA) is 59.1 Å². The molecule has 0 bridgehead atoms. The Morgan fingerprint density at radius 3 is 2.55 bits per heavy atom. The number of likely N-dealkylation sites (N-methyl/N-ethyl adjacent to an activating group) is 1. The zero-order valence-electron chi connectivity index (χ0n) is 17.8. The van der Waals surface area contributed by atoms with Crippen molar-refractivity contribution in [2.45, 2.75) is 51.0 Å². The molecule has 3 aliphatic rings. The normalized spacial score (nSPS) is 29.0. The zero-order chi connectivity index (χ0) is 20.6. The Hall–Kier alpha value is -2.08. The molecule has 6 nitrogen and oxygen atoms in total. The van der Waals surface area contributed by atoms with Gasteiger partial charge in [-0.25, -0.2) is 4.79 Å². The number of fused-ring (bicyclic) bond motifs is 2. The van der Waals surface area contributed by atoms with Gasteiger partial charge in [0.2, 0.25) is 5.91 Å². The van der Waals surface area contributed by atoms with E-state index in [4.69, 9.17) is 9.47 Å². The Balaban J connectivity index is 1.42. The Morgan fingerprint density at radius 1 is 1.21 bits per heavy atom. The summed E-state index contributed by atoms with van der Waals surface area (Å²) in [6.07, 6.45) is 5.34. The highest BCUT2D eigenvalue weighted by atomic mass is 16.6. The Bertz CT molecular complexity index is 792. The Morgan fingerprint density at radius 2 is 1.90 bits per heavy atom. The van der Waals surface area contributed by atoms with Gasteiger partial charge in [0.1, 0.15) is 11.4 Å². The summed E-state index contributed by atoms with van der Waals surface area (Å²) >= 11 is 0. The van der Waals surface area contributed by atoms with Crippen molar-refractivity contribution >= 4 is 11.9 Å². The summed E-state index contributed by atoms with van der Waals surface area (Å²) < 4.78 is 11.1. The standard InChI is InChI=1S/C23H32N2O4/c1-22(21(27)24(2)14-15-25-12-4-5-13-25)8-10-23(11-9-22)19-7-6-17(28-3)16-18(19)20(26)29-23/h6-7,16H,4-5,8-15H2,1-3H3/t22-,23-. The number of rotatable bonds is 5. The zero-order valence-corrected chi connectivity index (χ0v) is 17.8. The van der Waals surface area contributed by atoms with Gasteiger partial charge in [0.05, 0.1) is 12.7 Å². The second-order valence-corrected chi connectivity index (χ2v) is 9.13. The lowest BCUT2D eigenvalue weighted by Gasteiger charge is -2.43. The summed E-state index contributed by atoms with van der Waals surface area (Å²) in [7, 11) is 3.51. The summed E-state index contributed by atoms with van der Waals surface area (Å²) in [6.45, 7) is 6.10. The van der Waals surface area contributed by atoms with Gasteiger partial charge in [0, 0.05) is 31.1 Å². The predicted octanol–water partition coefficient (Wildman–Crippen LogP) is 3.20. The molecule has 158 valence electrons. The van der Waals surface area contributed by atoms with Crippen LogP contribution in [-0.2, 0) is 15.1 Å². The van der Waals surface area contributed by atoms with E-state index in [0.29, 0.717) is 24.2 Å². The van der Waals surface area contributed by atoms with Crippen LogP contribution in [0.25, 0.3) is 0 Å². The van der Waals surface area contributed by atoms with Gasteiger partial charge < -0.3 is 19.3 Å². The lowest BCUT2D eigenvalue weighted by Crippen LogP contribution is -2.47. The van der Waals surface area contributed by atoms with Crippen molar-refractivity contribution in [1.29, 1.82) is 0 Å².